The molecule has 0 amide bonds. The molecule has 84 valence electrons. The molecule has 0 bridgehead atoms. The van der Waals surface area contributed by atoms with Gasteiger partial charge in [0.1, 0.15) is 0 Å². The molecule has 0 radical (unpaired) electrons. The molecule has 1 aliphatic rings. The van der Waals surface area contributed by atoms with E-state index >= 15 is 0 Å². The van der Waals surface area contributed by atoms with Gasteiger partial charge < -0.3 is 10.1 Å². The van der Waals surface area contributed by atoms with E-state index in [-0.39, 0.29) is 16.6 Å². The van der Waals surface area contributed by atoms with Crippen LogP contribution in [0.3, 0.4) is 0 Å². The Labute approximate surface area is 89.1 Å². The summed E-state index contributed by atoms with van der Waals surface area (Å²) in [7, 11) is 1.12. The summed E-state index contributed by atoms with van der Waals surface area (Å²) in [6, 6.07) is 0.295. The Morgan fingerprint density at radius 2 is 2.14 bits per heavy atom. The van der Waals surface area contributed by atoms with E-state index < -0.39 is 10.8 Å². The predicted molar refractivity (Wildman–Crippen MR) is 59.9 cm³/mol. The minimum Gasteiger partial charge on any atom is -0.377 e. The van der Waals surface area contributed by atoms with E-state index in [0.29, 0.717) is 6.04 Å². The third-order valence-electron chi connectivity index (χ3n) is 3.13. The Balaban J connectivity index is 2.55. The normalized spacial score (nSPS) is 34.0. The zero-order chi connectivity index (χ0) is 10.7. The minimum absolute atomic E-state index is 0.155. The summed E-state index contributed by atoms with van der Waals surface area (Å²) >= 11 is 0. The number of hydrogen-bond donors (Lipinski definition) is 1. The maximum atomic E-state index is 12.1. The van der Waals surface area contributed by atoms with Gasteiger partial charge in [-0.05, 0) is 34.2 Å². The van der Waals surface area contributed by atoms with Crippen LogP contribution in [0.1, 0.15) is 27.2 Å². The molecule has 3 nitrogen and oxygen atoms in total. The van der Waals surface area contributed by atoms with Crippen molar-refractivity contribution in [3.63, 3.8) is 0 Å². The fraction of sp³-hybridized carbons (Fsp3) is 1.00. The minimum atomic E-state index is -0.788. The molecular weight excluding hydrogens is 198 g/mol. The number of ether oxygens (including phenoxy) is 1. The quantitative estimate of drug-likeness (QED) is 0.764. The molecule has 1 N–H and O–H groups in total. The molecule has 1 fully saturated rings. The summed E-state index contributed by atoms with van der Waals surface area (Å²) in [6.07, 6.45) is 1.09. The molecule has 0 aromatic rings. The third kappa shape index (κ3) is 2.55. The van der Waals surface area contributed by atoms with Crippen LogP contribution in [-0.4, -0.2) is 40.5 Å². The second-order valence-corrected chi connectivity index (χ2v) is 6.02. The molecule has 5 atom stereocenters. The zero-order valence-corrected chi connectivity index (χ0v) is 10.3. The molecule has 0 aromatic heterocycles. The lowest BCUT2D eigenvalue weighted by Gasteiger charge is -2.23. The van der Waals surface area contributed by atoms with Gasteiger partial charge in [0.2, 0.25) is 0 Å². The van der Waals surface area contributed by atoms with Gasteiger partial charge in [-0.2, -0.15) is 0 Å². The maximum absolute atomic E-state index is 12.1. The van der Waals surface area contributed by atoms with Gasteiger partial charge in [-0.15, -0.1) is 0 Å². The molecule has 0 spiro atoms. The summed E-state index contributed by atoms with van der Waals surface area (Å²) in [4.78, 5) is 0. The standard InChI is InChI=1S/C10H21NO2S/c1-7(11-4)9(3)14(12)10-5-6-13-8(10)2/h7-11H,5-6H2,1-4H3. The first-order valence-corrected chi connectivity index (χ1v) is 6.53. The molecular formula is C10H21NO2S. The van der Waals surface area contributed by atoms with Crippen LogP contribution in [0, 0.1) is 0 Å². The molecule has 1 heterocycles. The summed E-state index contributed by atoms with van der Waals surface area (Å²) in [5.74, 6) is 0. The Bertz CT molecular complexity index is 210. The SMILES string of the molecule is CNC(C)C(C)S(=O)C1CCOC1C. The fourth-order valence-electron chi connectivity index (χ4n) is 1.73. The third-order valence-corrected chi connectivity index (χ3v) is 5.49. The number of rotatable bonds is 4. The molecule has 0 aromatic carbocycles. The van der Waals surface area contributed by atoms with Crippen molar-refractivity contribution in [1.29, 1.82) is 0 Å². The van der Waals surface area contributed by atoms with Gasteiger partial charge in [-0.1, -0.05) is 0 Å². The van der Waals surface area contributed by atoms with Crippen molar-refractivity contribution in [3.05, 3.63) is 0 Å². The Morgan fingerprint density at radius 3 is 2.57 bits per heavy atom. The van der Waals surface area contributed by atoms with Crippen molar-refractivity contribution >= 4 is 10.8 Å². The monoisotopic (exact) mass is 219 g/mol. The Morgan fingerprint density at radius 1 is 1.50 bits per heavy atom. The average Bonchev–Trinajstić information content (AvgIpc) is 2.61. The lowest BCUT2D eigenvalue weighted by Crippen LogP contribution is -2.40. The van der Waals surface area contributed by atoms with E-state index in [1.54, 1.807) is 0 Å². The average molecular weight is 219 g/mol. The highest BCUT2D eigenvalue weighted by Crippen LogP contribution is 2.22. The van der Waals surface area contributed by atoms with Gasteiger partial charge in [-0.25, -0.2) is 0 Å². The van der Waals surface area contributed by atoms with Crippen LogP contribution in [0.2, 0.25) is 0 Å². The molecule has 5 unspecified atom stereocenters. The van der Waals surface area contributed by atoms with E-state index in [9.17, 15) is 4.21 Å². The van der Waals surface area contributed by atoms with Crippen LogP contribution in [0.4, 0.5) is 0 Å². The van der Waals surface area contributed by atoms with Gasteiger partial charge in [0.25, 0.3) is 0 Å². The second kappa shape index (κ2) is 5.24. The molecule has 14 heavy (non-hydrogen) atoms. The first-order valence-electron chi connectivity index (χ1n) is 5.26. The second-order valence-electron chi connectivity index (χ2n) is 4.01. The van der Waals surface area contributed by atoms with E-state index in [0.717, 1.165) is 13.0 Å². The number of hydrogen-bond acceptors (Lipinski definition) is 3. The van der Waals surface area contributed by atoms with E-state index in [1.807, 2.05) is 20.9 Å². The van der Waals surface area contributed by atoms with Crippen LogP contribution in [0.5, 0.6) is 0 Å². The van der Waals surface area contributed by atoms with E-state index in [4.69, 9.17) is 4.74 Å². The fourth-order valence-corrected chi connectivity index (χ4v) is 3.60. The van der Waals surface area contributed by atoms with E-state index in [1.165, 1.54) is 0 Å². The zero-order valence-electron chi connectivity index (χ0n) is 9.45. The van der Waals surface area contributed by atoms with Crippen LogP contribution in [0.25, 0.3) is 0 Å². The molecule has 0 aliphatic carbocycles. The molecule has 0 saturated carbocycles. The van der Waals surface area contributed by atoms with Crippen molar-refractivity contribution < 1.29 is 8.95 Å². The first-order chi connectivity index (χ1) is 6.57. The van der Waals surface area contributed by atoms with Crippen LogP contribution in [0.15, 0.2) is 0 Å². The number of nitrogens with one attached hydrogen (secondary N) is 1. The van der Waals surface area contributed by atoms with E-state index in [2.05, 4.69) is 12.2 Å². The highest BCUT2D eigenvalue weighted by molar-refractivity contribution is 7.86. The van der Waals surface area contributed by atoms with Crippen molar-refractivity contribution in [2.24, 2.45) is 0 Å². The van der Waals surface area contributed by atoms with Gasteiger partial charge in [0, 0.05) is 28.7 Å². The summed E-state index contributed by atoms with van der Waals surface area (Å²) in [5, 5.41) is 3.56. The summed E-state index contributed by atoms with van der Waals surface area (Å²) < 4.78 is 17.6. The molecule has 1 saturated heterocycles. The highest BCUT2D eigenvalue weighted by Gasteiger charge is 2.33. The van der Waals surface area contributed by atoms with Crippen molar-refractivity contribution in [2.75, 3.05) is 13.7 Å². The molecule has 4 heteroatoms. The Hall–Kier alpha value is 0.0700. The van der Waals surface area contributed by atoms with Crippen LogP contribution >= 0.6 is 0 Å². The maximum Gasteiger partial charge on any atom is 0.0691 e. The first kappa shape index (κ1) is 12.1. The van der Waals surface area contributed by atoms with Gasteiger partial charge in [0.05, 0.1) is 11.4 Å². The summed E-state index contributed by atoms with van der Waals surface area (Å²) in [6.45, 7) is 6.90. The highest BCUT2D eigenvalue weighted by atomic mass is 32.2. The lowest BCUT2D eigenvalue weighted by molar-refractivity contribution is 0.126. The largest absolute Gasteiger partial charge is 0.377 e. The lowest BCUT2D eigenvalue weighted by atomic mass is 10.2. The molecule has 1 aliphatic heterocycles. The smallest absolute Gasteiger partial charge is 0.0691 e. The summed E-state index contributed by atoms with van der Waals surface area (Å²) in [5.41, 5.74) is 0. The van der Waals surface area contributed by atoms with Gasteiger partial charge in [0.15, 0.2) is 0 Å². The van der Waals surface area contributed by atoms with Crippen molar-refractivity contribution in [2.45, 2.75) is 49.8 Å². The predicted octanol–water partition coefficient (Wildman–Crippen LogP) is 0.909. The van der Waals surface area contributed by atoms with Crippen molar-refractivity contribution in [1.82, 2.24) is 5.32 Å². The molecule has 1 rings (SSSR count). The van der Waals surface area contributed by atoms with Gasteiger partial charge >= 0.3 is 0 Å². The Kier molecular flexibility index (Phi) is 4.54. The van der Waals surface area contributed by atoms with Crippen LogP contribution < -0.4 is 5.32 Å². The van der Waals surface area contributed by atoms with Crippen LogP contribution in [-0.2, 0) is 15.5 Å². The topological polar surface area (TPSA) is 38.3 Å². The van der Waals surface area contributed by atoms with Crippen molar-refractivity contribution in [3.8, 4) is 0 Å². The van der Waals surface area contributed by atoms with Gasteiger partial charge in [-0.3, -0.25) is 4.21 Å².